The highest BCUT2D eigenvalue weighted by Gasteiger charge is 2.34. The summed E-state index contributed by atoms with van der Waals surface area (Å²) in [5.41, 5.74) is 3.51. The Morgan fingerprint density at radius 3 is 2.35 bits per heavy atom. The summed E-state index contributed by atoms with van der Waals surface area (Å²) < 4.78 is 13.6. The van der Waals surface area contributed by atoms with Crippen LogP contribution in [0.3, 0.4) is 0 Å². The van der Waals surface area contributed by atoms with E-state index < -0.39 is 6.04 Å². The van der Waals surface area contributed by atoms with E-state index in [1.54, 1.807) is 47.6 Å². The van der Waals surface area contributed by atoms with E-state index in [0.717, 1.165) is 42.5 Å². The molecule has 0 spiro atoms. The van der Waals surface area contributed by atoms with Crippen molar-refractivity contribution in [1.82, 2.24) is 20.2 Å². The Morgan fingerprint density at radius 2 is 1.65 bits per heavy atom. The summed E-state index contributed by atoms with van der Waals surface area (Å²) in [6, 6.07) is 22.1. The lowest BCUT2D eigenvalue weighted by atomic mass is 10.0. The number of hydrogen-bond donors (Lipinski definition) is 2. The third-order valence-corrected chi connectivity index (χ3v) is 6.81. The zero-order valence-electron chi connectivity index (χ0n) is 20.4. The molecule has 0 aliphatic heterocycles. The van der Waals surface area contributed by atoms with Crippen LogP contribution in [0.5, 0.6) is 0 Å². The third-order valence-electron chi connectivity index (χ3n) is 6.81. The third kappa shape index (κ3) is 5.77. The van der Waals surface area contributed by atoms with Gasteiger partial charge in [-0.15, -0.1) is 0 Å². The Labute approximate surface area is 215 Å². The van der Waals surface area contributed by atoms with Gasteiger partial charge in [0.05, 0.1) is 0 Å². The van der Waals surface area contributed by atoms with Gasteiger partial charge in [-0.05, 0) is 65.9 Å². The van der Waals surface area contributed by atoms with Crippen molar-refractivity contribution in [1.29, 1.82) is 0 Å². The number of benzene rings is 2. The van der Waals surface area contributed by atoms with Gasteiger partial charge in [-0.25, -0.2) is 4.39 Å². The Kier molecular flexibility index (Phi) is 7.40. The minimum absolute atomic E-state index is 0.0924. The number of aromatic nitrogens is 2. The van der Waals surface area contributed by atoms with Crippen LogP contribution in [-0.2, 0) is 11.3 Å². The molecule has 2 amide bonds. The molecule has 2 aromatic heterocycles. The molecule has 0 saturated heterocycles. The molecule has 1 atom stereocenters. The van der Waals surface area contributed by atoms with Crippen molar-refractivity contribution < 1.29 is 14.0 Å². The highest BCUT2D eigenvalue weighted by Crippen LogP contribution is 2.28. The molecule has 1 saturated carbocycles. The van der Waals surface area contributed by atoms with Crippen molar-refractivity contribution in [3.8, 4) is 11.3 Å². The van der Waals surface area contributed by atoms with Gasteiger partial charge in [0.25, 0.3) is 5.91 Å². The average Bonchev–Trinajstić information content (AvgIpc) is 3.63. The minimum atomic E-state index is -0.885. The number of carbonyl (C=O) groups is 2. The summed E-state index contributed by atoms with van der Waals surface area (Å²) in [5, 5.41) is 3.17. The second-order valence-corrected chi connectivity index (χ2v) is 9.38. The van der Waals surface area contributed by atoms with Crippen molar-refractivity contribution in [2.24, 2.45) is 0 Å². The zero-order valence-corrected chi connectivity index (χ0v) is 20.4. The first-order valence-electron chi connectivity index (χ1n) is 12.6. The molecule has 0 bridgehead atoms. The smallest absolute Gasteiger partial charge is 0.271 e. The molecule has 0 radical (unpaired) electrons. The summed E-state index contributed by atoms with van der Waals surface area (Å²) in [6.07, 6.45) is 7.25. The molecular formula is C30H29FN4O2. The fourth-order valence-corrected chi connectivity index (χ4v) is 4.90. The van der Waals surface area contributed by atoms with Crippen molar-refractivity contribution in [2.75, 3.05) is 0 Å². The summed E-state index contributed by atoms with van der Waals surface area (Å²) in [4.78, 5) is 36.7. The van der Waals surface area contributed by atoms with Gasteiger partial charge < -0.3 is 15.2 Å². The molecule has 2 N–H and O–H groups in total. The Bertz CT molecular complexity index is 1330. The van der Waals surface area contributed by atoms with Crippen LogP contribution in [0.25, 0.3) is 11.3 Å². The van der Waals surface area contributed by atoms with Crippen LogP contribution in [0.4, 0.5) is 4.39 Å². The first kappa shape index (κ1) is 24.4. The summed E-state index contributed by atoms with van der Waals surface area (Å²) in [5.74, 6) is -0.915. The van der Waals surface area contributed by atoms with Gasteiger partial charge >= 0.3 is 0 Å². The molecular weight excluding hydrogens is 467 g/mol. The largest absolute Gasteiger partial charge is 0.351 e. The lowest BCUT2D eigenvalue weighted by Gasteiger charge is -2.32. The van der Waals surface area contributed by atoms with E-state index in [0.29, 0.717) is 11.3 Å². The van der Waals surface area contributed by atoms with E-state index in [1.165, 1.54) is 12.1 Å². The molecule has 37 heavy (non-hydrogen) atoms. The van der Waals surface area contributed by atoms with Crippen molar-refractivity contribution in [3.05, 3.63) is 114 Å². The van der Waals surface area contributed by atoms with Crippen molar-refractivity contribution >= 4 is 11.8 Å². The lowest BCUT2D eigenvalue weighted by Crippen LogP contribution is -2.46. The normalized spacial score (nSPS) is 14.3. The van der Waals surface area contributed by atoms with Crippen LogP contribution in [-0.4, -0.2) is 32.7 Å². The number of rotatable bonds is 8. The fraction of sp³-hybridized carbons (Fsp3) is 0.233. The number of aromatic amines is 1. The number of nitrogens with zero attached hydrogens (tertiary/aromatic N) is 2. The maximum absolute atomic E-state index is 14.0. The van der Waals surface area contributed by atoms with Gasteiger partial charge in [-0.3, -0.25) is 14.6 Å². The monoisotopic (exact) mass is 496 g/mol. The Balaban J connectivity index is 1.52. The summed E-state index contributed by atoms with van der Waals surface area (Å²) in [7, 11) is 0. The molecule has 7 heteroatoms. The summed E-state index contributed by atoms with van der Waals surface area (Å²) in [6.45, 7) is 0.129. The fourth-order valence-electron chi connectivity index (χ4n) is 4.90. The van der Waals surface area contributed by atoms with E-state index in [4.69, 9.17) is 0 Å². The molecule has 1 aliphatic rings. The lowest BCUT2D eigenvalue weighted by molar-refractivity contribution is -0.126. The summed E-state index contributed by atoms with van der Waals surface area (Å²) >= 11 is 0. The molecule has 1 fully saturated rings. The number of pyridine rings is 1. The Hall–Kier alpha value is -4.26. The van der Waals surface area contributed by atoms with Gasteiger partial charge in [0.2, 0.25) is 5.91 Å². The molecule has 188 valence electrons. The van der Waals surface area contributed by atoms with Crippen LogP contribution >= 0.6 is 0 Å². The molecule has 2 heterocycles. The molecule has 6 nitrogen and oxygen atoms in total. The van der Waals surface area contributed by atoms with E-state index in [9.17, 15) is 14.0 Å². The van der Waals surface area contributed by atoms with Gasteiger partial charge in [0.15, 0.2) is 0 Å². The van der Waals surface area contributed by atoms with Crippen molar-refractivity contribution in [2.45, 2.75) is 44.3 Å². The highest BCUT2D eigenvalue weighted by atomic mass is 19.1. The molecule has 5 rings (SSSR count). The molecule has 2 aromatic carbocycles. The first-order chi connectivity index (χ1) is 18.1. The number of hydrogen-bond acceptors (Lipinski definition) is 3. The van der Waals surface area contributed by atoms with E-state index >= 15 is 0 Å². The molecule has 0 unspecified atom stereocenters. The minimum Gasteiger partial charge on any atom is -0.351 e. The maximum Gasteiger partial charge on any atom is 0.271 e. The number of amides is 2. The molecule has 4 aromatic rings. The van der Waals surface area contributed by atoms with Crippen LogP contribution in [0.2, 0.25) is 0 Å². The second-order valence-electron chi connectivity index (χ2n) is 9.38. The number of H-pyrrole nitrogens is 1. The molecule has 1 aliphatic carbocycles. The van der Waals surface area contributed by atoms with E-state index in [-0.39, 0.29) is 30.2 Å². The van der Waals surface area contributed by atoms with E-state index in [1.807, 2.05) is 36.4 Å². The average molecular weight is 497 g/mol. The van der Waals surface area contributed by atoms with Gasteiger partial charge in [0.1, 0.15) is 17.6 Å². The number of halogens is 1. The predicted octanol–water partition coefficient (Wildman–Crippen LogP) is 5.66. The van der Waals surface area contributed by atoms with Crippen LogP contribution in [0.15, 0.2) is 91.3 Å². The predicted molar refractivity (Wildman–Crippen MR) is 140 cm³/mol. The number of carbonyl (C=O) groups excluding carboxylic acids is 2. The highest BCUT2D eigenvalue weighted by molar-refractivity contribution is 5.97. The second kappa shape index (κ2) is 11.2. The van der Waals surface area contributed by atoms with Crippen LogP contribution in [0.1, 0.15) is 53.3 Å². The van der Waals surface area contributed by atoms with Crippen LogP contribution in [0, 0.1) is 5.82 Å². The van der Waals surface area contributed by atoms with Gasteiger partial charge in [0, 0.05) is 30.7 Å². The SMILES string of the molecule is O=C(NC1CCCC1)[C@@H](c1ccncc1)N(Cc1ccc(F)cc1)C(=O)c1ccc(-c2ccccc2)[nH]1. The Morgan fingerprint density at radius 1 is 0.946 bits per heavy atom. The van der Waals surface area contributed by atoms with E-state index in [2.05, 4.69) is 15.3 Å². The zero-order chi connectivity index (χ0) is 25.6. The first-order valence-corrected chi connectivity index (χ1v) is 12.6. The quantitative estimate of drug-likeness (QED) is 0.331. The van der Waals surface area contributed by atoms with Gasteiger partial charge in [-0.1, -0.05) is 55.3 Å². The standard InChI is InChI=1S/C30H29FN4O2/c31-24-12-10-21(11-13-24)20-35(30(37)27-15-14-26(34-27)22-6-2-1-3-7-22)28(23-16-18-32-19-17-23)29(36)33-25-8-4-5-9-25/h1-3,6-7,10-19,25,28,34H,4-5,8-9,20H2,(H,33,36)/t28-/m1/s1. The maximum atomic E-state index is 14.0. The number of nitrogens with one attached hydrogen (secondary N) is 2. The van der Waals surface area contributed by atoms with Crippen LogP contribution < -0.4 is 5.32 Å². The topological polar surface area (TPSA) is 78.1 Å². The van der Waals surface area contributed by atoms with Crippen molar-refractivity contribution in [3.63, 3.8) is 0 Å². The van der Waals surface area contributed by atoms with Gasteiger partial charge in [-0.2, -0.15) is 0 Å².